The fourth-order valence-electron chi connectivity index (χ4n) is 2.00. The molecule has 2 aromatic carbocycles. The van der Waals surface area contributed by atoms with Gasteiger partial charge in [-0.25, -0.2) is 0 Å². The Labute approximate surface area is 119 Å². The minimum absolute atomic E-state index is 0.787. The first-order chi connectivity index (χ1) is 9.31. The van der Waals surface area contributed by atoms with Crippen LogP contribution >= 0.6 is 11.6 Å². The third-order valence-corrected chi connectivity index (χ3v) is 3.41. The zero-order chi connectivity index (χ0) is 13.5. The van der Waals surface area contributed by atoms with Crippen LogP contribution in [-0.2, 0) is 13.0 Å². The van der Waals surface area contributed by atoms with Crippen LogP contribution in [0.1, 0.15) is 11.1 Å². The summed E-state index contributed by atoms with van der Waals surface area (Å²) >= 11 is 6.11. The first-order valence-corrected chi connectivity index (χ1v) is 6.75. The molecule has 0 bridgehead atoms. The second kappa shape index (κ2) is 7.17. The van der Waals surface area contributed by atoms with E-state index in [2.05, 4.69) is 11.4 Å². The summed E-state index contributed by atoms with van der Waals surface area (Å²) in [6.45, 7) is 1.68. The molecule has 3 heteroatoms. The predicted octanol–water partition coefficient (Wildman–Crippen LogP) is 3.68. The van der Waals surface area contributed by atoms with Crippen molar-refractivity contribution in [3.63, 3.8) is 0 Å². The van der Waals surface area contributed by atoms with Crippen molar-refractivity contribution in [2.24, 2.45) is 0 Å². The molecule has 0 atom stereocenters. The lowest BCUT2D eigenvalue weighted by Gasteiger charge is -2.09. The number of nitrogens with one attached hydrogen (secondary N) is 1. The first-order valence-electron chi connectivity index (χ1n) is 6.37. The van der Waals surface area contributed by atoms with Crippen molar-refractivity contribution >= 4 is 11.6 Å². The van der Waals surface area contributed by atoms with E-state index in [9.17, 15) is 0 Å². The molecule has 0 aliphatic rings. The van der Waals surface area contributed by atoms with Gasteiger partial charge in [0, 0.05) is 11.6 Å². The topological polar surface area (TPSA) is 21.3 Å². The van der Waals surface area contributed by atoms with Gasteiger partial charge in [0.25, 0.3) is 0 Å². The van der Waals surface area contributed by atoms with Crippen molar-refractivity contribution in [3.05, 3.63) is 64.7 Å². The summed E-state index contributed by atoms with van der Waals surface area (Å²) < 4.78 is 5.33. The number of hydrogen-bond donors (Lipinski definition) is 1. The Bertz CT molecular complexity index is 528. The van der Waals surface area contributed by atoms with Gasteiger partial charge in [-0.15, -0.1) is 0 Å². The summed E-state index contributed by atoms with van der Waals surface area (Å²) in [5.41, 5.74) is 2.35. The van der Waals surface area contributed by atoms with Crippen molar-refractivity contribution in [1.29, 1.82) is 0 Å². The monoisotopic (exact) mass is 275 g/mol. The molecule has 0 aliphatic heterocycles. The van der Waals surface area contributed by atoms with Gasteiger partial charge in [-0.3, -0.25) is 0 Å². The summed E-state index contributed by atoms with van der Waals surface area (Å²) in [6.07, 6.45) is 0.939. The van der Waals surface area contributed by atoms with Gasteiger partial charge >= 0.3 is 0 Å². The van der Waals surface area contributed by atoms with Crippen LogP contribution in [0.4, 0.5) is 0 Å². The van der Waals surface area contributed by atoms with E-state index in [0.29, 0.717) is 0 Å². The third-order valence-electron chi connectivity index (χ3n) is 3.04. The Balaban J connectivity index is 1.83. The number of hydrogen-bond acceptors (Lipinski definition) is 2. The molecule has 0 spiro atoms. The van der Waals surface area contributed by atoms with Crippen LogP contribution in [0.2, 0.25) is 5.02 Å². The van der Waals surface area contributed by atoms with Crippen molar-refractivity contribution in [1.82, 2.24) is 5.32 Å². The number of halogens is 1. The molecule has 0 heterocycles. The van der Waals surface area contributed by atoms with Gasteiger partial charge in [-0.2, -0.15) is 0 Å². The molecular formula is C16H18ClNO. The maximum Gasteiger partial charge on any atom is 0.122 e. The van der Waals surface area contributed by atoms with E-state index in [1.165, 1.54) is 5.56 Å². The molecule has 19 heavy (non-hydrogen) atoms. The van der Waals surface area contributed by atoms with Crippen LogP contribution in [0.25, 0.3) is 0 Å². The molecular weight excluding hydrogens is 258 g/mol. The van der Waals surface area contributed by atoms with Crippen LogP contribution in [0.5, 0.6) is 5.75 Å². The fraction of sp³-hybridized carbons (Fsp3) is 0.250. The zero-order valence-electron chi connectivity index (χ0n) is 11.0. The second-order valence-electron chi connectivity index (χ2n) is 4.33. The average molecular weight is 276 g/mol. The van der Waals surface area contributed by atoms with Crippen LogP contribution < -0.4 is 10.1 Å². The number of para-hydroxylation sites is 1. The largest absolute Gasteiger partial charge is 0.496 e. The number of benzene rings is 2. The minimum Gasteiger partial charge on any atom is -0.496 e. The average Bonchev–Trinajstić information content (AvgIpc) is 2.45. The Morgan fingerprint density at radius 2 is 1.68 bits per heavy atom. The highest BCUT2D eigenvalue weighted by molar-refractivity contribution is 6.31. The third kappa shape index (κ3) is 3.98. The number of ether oxygens (including phenoxy) is 1. The molecule has 0 amide bonds. The van der Waals surface area contributed by atoms with Gasteiger partial charge in [0.05, 0.1) is 7.11 Å². The molecule has 2 aromatic rings. The van der Waals surface area contributed by atoms with Crippen LogP contribution in [-0.4, -0.2) is 13.7 Å². The predicted molar refractivity (Wildman–Crippen MR) is 79.9 cm³/mol. The quantitative estimate of drug-likeness (QED) is 0.812. The summed E-state index contributed by atoms with van der Waals surface area (Å²) in [5, 5.41) is 4.21. The molecule has 2 nitrogen and oxygen atoms in total. The highest BCUT2D eigenvalue weighted by Gasteiger charge is 2.02. The second-order valence-corrected chi connectivity index (χ2v) is 4.74. The van der Waals surface area contributed by atoms with E-state index >= 15 is 0 Å². The van der Waals surface area contributed by atoms with Gasteiger partial charge < -0.3 is 10.1 Å². The highest BCUT2D eigenvalue weighted by Crippen LogP contribution is 2.17. The van der Waals surface area contributed by atoms with E-state index in [1.807, 2.05) is 42.5 Å². The van der Waals surface area contributed by atoms with E-state index < -0.39 is 0 Å². The standard InChI is InChI=1S/C16H18ClNO/c1-19-16-9-5-3-6-13(16)10-11-18-12-14-7-2-4-8-15(14)17/h2-9,18H,10-12H2,1H3. The van der Waals surface area contributed by atoms with Gasteiger partial charge in [0.15, 0.2) is 0 Å². The highest BCUT2D eigenvalue weighted by atomic mass is 35.5. The Morgan fingerprint density at radius 1 is 1.00 bits per heavy atom. The number of methoxy groups -OCH3 is 1. The lowest BCUT2D eigenvalue weighted by atomic mass is 10.1. The van der Waals surface area contributed by atoms with Crippen molar-refractivity contribution in [2.45, 2.75) is 13.0 Å². The van der Waals surface area contributed by atoms with E-state index in [-0.39, 0.29) is 0 Å². The fourth-order valence-corrected chi connectivity index (χ4v) is 2.20. The van der Waals surface area contributed by atoms with E-state index in [1.54, 1.807) is 7.11 Å². The number of rotatable bonds is 6. The van der Waals surface area contributed by atoms with Gasteiger partial charge in [-0.05, 0) is 36.2 Å². The van der Waals surface area contributed by atoms with Gasteiger partial charge in [0.2, 0.25) is 0 Å². The molecule has 0 saturated carbocycles. The maximum atomic E-state index is 6.11. The molecule has 0 aliphatic carbocycles. The van der Waals surface area contributed by atoms with Crippen LogP contribution in [0.15, 0.2) is 48.5 Å². The SMILES string of the molecule is COc1ccccc1CCNCc1ccccc1Cl. The first kappa shape index (κ1) is 13.9. The smallest absolute Gasteiger partial charge is 0.122 e. The van der Waals surface area contributed by atoms with E-state index in [0.717, 1.165) is 35.8 Å². The van der Waals surface area contributed by atoms with Gasteiger partial charge in [-0.1, -0.05) is 48.0 Å². The molecule has 0 unspecified atom stereocenters. The summed E-state index contributed by atoms with van der Waals surface area (Å²) in [5.74, 6) is 0.946. The summed E-state index contributed by atoms with van der Waals surface area (Å²) in [6, 6.07) is 16.0. The molecule has 0 saturated heterocycles. The molecule has 0 aromatic heterocycles. The summed E-state index contributed by atoms with van der Waals surface area (Å²) in [7, 11) is 1.70. The lowest BCUT2D eigenvalue weighted by Crippen LogP contribution is -2.17. The normalized spacial score (nSPS) is 10.4. The van der Waals surface area contributed by atoms with E-state index in [4.69, 9.17) is 16.3 Å². The van der Waals surface area contributed by atoms with Crippen molar-refractivity contribution in [3.8, 4) is 5.75 Å². The molecule has 0 radical (unpaired) electrons. The zero-order valence-corrected chi connectivity index (χ0v) is 11.8. The molecule has 0 fully saturated rings. The van der Waals surface area contributed by atoms with Crippen LogP contribution in [0, 0.1) is 0 Å². The minimum atomic E-state index is 0.787. The Kier molecular flexibility index (Phi) is 5.25. The lowest BCUT2D eigenvalue weighted by molar-refractivity contribution is 0.409. The molecule has 1 N–H and O–H groups in total. The van der Waals surface area contributed by atoms with Gasteiger partial charge in [0.1, 0.15) is 5.75 Å². The van der Waals surface area contributed by atoms with Crippen LogP contribution in [0.3, 0.4) is 0 Å². The molecule has 2 rings (SSSR count). The Hall–Kier alpha value is -1.51. The van der Waals surface area contributed by atoms with Crippen molar-refractivity contribution in [2.75, 3.05) is 13.7 Å². The molecule has 100 valence electrons. The van der Waals surface area contributed by atoms with Crippen molar-refractivity contribution < 1.29 is 4.74 Å². The summed E-state index contributed by atoms with van der Waals surface area (Å²) in [4.78, 5) is 0. The Morgan fingerprint density at radius 3 is 2.42 bits per heavy atom. The maximum absolute atomic E-state index is 6.11.